The molecule has 1 spiro atoms. The van der Waals surface area contributed by atoms with Gasteiger partial charge >= 0.3 is 0 Å². The smallest absolute Gasteiger partial charge is 0.252 e. The van der Waals surface area contributed by atoms with E-state index in [1.54, 1.807) is 13.2 Å². The highest BCUT2D eigenvalue weighted by atomic mass is 35.5. The number of ether oxygens (including phenoxy) is 3. The van der Waals surface area contributed by atoms with Gasteiger partial charge < -0.3 is 19.5 Å². The van der Waals surface area contributed by atoms with Crippen molar-refractivity contribution in [2.75, 3.05) is 33.4 Å². The Balaban J connectivity index is 1.26. The predicted molar refractivity (Wildman–Crippen MR) is 128 cm³/mol. The van der Waals surface area contributed by atoms with Crippen LogP contribution < -0.4 is 10.1 Å². The first kappa shape index (κ1) is 22.7. The lowest BCUT2D eigenvalue weighted by Gasteiger charge is -2.47. The van der Waals surface area contributed by atoms with Crippen molar-refractivity contribution in [3.8, 4) is 16.9 Å². The maximum atomic E-state index is 12.3. The van der Waals surface area contributed by atoms with E-state index in [0.717, 1.165) is 54.4 Å². The Morgan fingerprint density at radius 2 is 1.94 bits per heavy atom. The topological polar surface area (TPSA) is 60.0 Å². The Hall–Kier alpha value is -2.12. The summed E-state index contributed by atoms with van der Waals surface area (Å²) in [5.41, 5.74) is 3.46. The number of piperidine rings is 1. The van der Waals surface area contributed by atoms with Crippen molar-refractivity contribution in [1.29, 1.82) is 0 Å². The van der Waals surface area contributed by atoms with Crippen LogP contribution in [0.2, 0.25) is 5.02 Å². The van der Waals surface area contributed by atoms with Crippen LogP contribution in [0.25, 0.3) is 11.1 Å². The molecule has 2 heterocycles. The van der Waals surface area contributed by atoms with E-state index < -0.39 is 5.79 Å². The Morgan fingerprint density at radius 1 is 1.18 bits per heavy atom. The van der Waals surface area contributed by atoms with E-state index in [4.69, 9.17) is 25.8 Å². The molecule has 1 N–H and O–H groups in total. The van der Waals surface area contributed by atoms with Gasteiger partial charge in [0.25, 0.3) is 5.91 Å². The lowest BCUT2D eigenvalue weighted by Crippen LogP contribution is -2.54. The van der Waals surface area contributed by atoms with Crippen LogP contribution >= 0.6 is 11.6 Å². The van der Waals surface area contributed by atoms with Gasteiger partial charge in [0.05, 0.1) is 23.8 Å². The summed E-state index contributed by atoms with van der Waals surface area (Å²) in [5.74, 6) is 0.211. The van der Waals surface area contributed by atoms with Crippen LogP contribution in [0.5, 0.6) is 5.75 Å². The number of nitrogens with zero attached hydrogens (tertiary/aromatic N) is 1. The Labute approximate surface area is 200 Å². The molecule has 2 fully saturated rings. The second-order valence-corrected chi connectivity index (χ2v) is 9.60. The monoisotopic (exact) mass is 470 g/mol. The van der Waals surface area contributed by atoms with Gasteiger partial charge in [0.2, 0.25) is 5.79 Å². The molecule has 0 bridgehead atoms. The van der Waals surface area contributed by atoms with E-state index in [-0.39, 0.29) is 5.91 Å². The number of likely N-dealkylation sites (tertiary alicyclic amines) is 1. The number of methoxy groups -OCH3 is 1. The molecule has 0 radical (unpaired) electrons. The van der Waals surface area contributed by atoms with E-state index in [1.807, 2.05) is 24.3 Å². The lowest BCUT2D eigenvalue weighted by molar-refractivity contribution is -0.231. The molecule has 5 rings (SSSR count). The number of benzene rings is 2. The quantitative estimate of drug-likeness (QED) is 0.623. The average molecular weight is 471 g/mol. The number of carbonyl (C=O) groups excluding carboxylic acids is 1. The number of halogens is 1. The molecule has 1 aliphatic carbocycles. The third kappa shape index (κ3) is 4.76. The highest BCUT2D eigenvalue weighted by Crippen LogP contribution is 2.40. The van der Waals surface area contributed by atoms with Crippen LogP contribution in [-0.2, 0) is 16.1 Å². The van der Waals surface area contributed by atoms with Crippen LogP contribution in [-0.4, -0.2) is 56.0 Å². The van der Waals surface area contributed by atoms with Crippen molar-refractivity contribution < 1.29 is 19.0 Å². The van der Waals surface area contributed by atoms with Gasteiger partial charge in [0, 0.05) is 51.2 Å². The molecule has 7 heteroatoms. The maximum absolute atomic E-state index is 12.3. The van der Waals surface area contributed by atoms with E-state index in [9.17, 15) is 4.79 Å². The van der Waals surface area contributed by atoms with Crippen LogP contribution in [0.15, 0.2) is 36.4 Å². The summed E-state index contributed by atoms with van der Waals surface area (Å²) >= 11 is 6.43. The Bertz CT molecular complexity index is 1020. The molecule has 2 aliphatic heterocycles. The van der Waals surface area contributed by atoms with Gasteiger partial charge in [0.15, 0.2) is 0 Å². The van der Waals surface area contributed by atoms with Crippen molar-refractivity contribution in [2.24, 2.45) is 0 Å². The fourth-order valence-electron chi connectivity index (χ4n) is 4.88. The van der Waals surface area contributed by atoms with Gasteiger partial charge in [-0.15, -0.1) is 0 Å². The van der Waals surface area contributed by atoms with Crippen molar-refractivity contribution in [2.45, 2.75) is 50.5 Å². The zero-order valence-electron chi connectivity index (χ0n) is 19.1. The number of rotatable bonds is 6. The van der Waals surface area contributed by atoms with Crippen LogP contribution in [0.1, 0.15) is 48.0 Å². The van der Waals surface area contributed by atoms with Gasteiger partial charge in [-0.05, 0) is 48.2 Å². The lowest BCUT2D eigenvalue weighted by atomic mass is 9.89. The van der Waals surface area contributed by atoms with Crippen LogP contribution in [0.4, 0.5) is 0 Å². The van der Waals surface area contributed by atoms with Crippen molar-refractivity contribution in [3.05, 3.63) is 52.5 Å². The second-order valence-electron chi connectivity index (χ2n) is 9.19. The summed E-state index contributed by atoms with van der Waals surface area (Å²) < 4.78 is 17.7. The summed E-state index contributed by atoms with van der Waals surface area (Å²) in [6.45, 7) is 3.53. The first-order chi connectivity index (χ1) is 16.1. The molecule has 1 amide bonds. The van der Waals surface area contributed by atoms with Gasteiger partial charge in [-0.3, -0.25) is 9.69 Å². The summed E-state index contributed by atoms with van der Waals surface area (Å²) in [6, 6.07) is 12.5. The molecule has 176 valence electrons. The minimum Gasteiger partial charge on any atom is -0.462 e. The number of carbonyl (C=O) groups is 1. The Kier molecular flexibility index (Phi) is 6.61. The Morgan fingerprint density at radius 3 is 2.64 bits per heavy atom. The maximum Gasteiger partial charge on any atom is 0.252 e. The molecule has 2 aromatic carbocycles. The van der Waals surface area contributed by atoms with E-state index in [2.05, 4.69) is 16.3 Å². The van der Waals surface area contributed by atoms with Crippen LogP contribution in [0.3, 0.4) is 0 Å². The summed E-state index contributed by atoms with van der Waals surface area (Å²) in [7, 11) is 1.60. The first-order valence-electron chi connectivity index (χ1n) is 11.8. The minimum atomic E-state index is -0.490. The third-order valence-electron chi connectivity index (χ3n) is 7.14. The normalized spacial score (nSPS) is 20.1. The summed E-state index contributed by atoms with van der Waals surface area (Å²) in [6.07, 6.45) is 5.86. The SMILES string of the molecule is COCCNC(=O)c1ccc(-c2ccc3c(c2)COC2(CCN(C4CCC4)CC2)O3)cc1Cl. The van der Waals surface area contributed by atoms with Gasteiger partial charge in [-0.25, -0.2) is 0 Å². The van der Waals surface area contributed by atoms with Gasteiger partial charge in [-0.2, -0.15) is 0 Å². The number of hydrogen-bond donors (Lipinski definition) is 1. The number of nitrogens with one attached hydrogen (secondary N) is 1. The molecular weight excluding hydrogens is 440 g/mol. The van der Waals surface area contributed by atoms with Crippen molar-refractivity contribution >= 4 is 17.5 Å². The zero-order chi connectivity index (χ0) is 22.8. The third-order valence-corrected chi connectivity index (χ3v) is 7.45. The van der Waals surface area contributed by atoms with Crippen LogP contribution in [0, 0.1) is 0 Å². The molecule has 6 nitrogen and oxygen atoms in total. The fraction of sp³-hybridized carbons (Fsp3) is 0.500. The van der Waals surface area contributed by atoms with Gasteiger partial charge in [0.1, 0.15) is 5.75 Å². The molecule has 3 aliphatic rings. The molecule has 0 aromatic heterocycles. The summed E-state index contributed by atoms with van der Waals surface area (Å²) in [4.78, 5) is 14.9. The number of amides is 1. The standard InChI is InChI=1S/C26H31ClN2O4/c1-31-14-11-28-25(30)22-7-5-19(16-23(22)27)18-6-8-24-20(15-18)17-32-26(33-24)9-12-29(13-10-26)21-3-2-4-21/h5-8,15-16,21H,2-4,9-14,17H2,1H3,(H,28,30). The zero-order valence-corrected chi connectivity index (χ0v) is 19.8. The predicted octanol–water partition coefficient (Wildman–Crippen LogP) is 4.64. The minimum absolute atomic E-state index is 0.204. The summed E-state index contributed by atoms with van der Waals surface area (Å²) in [5, 5.41) is 3.22. The molecule has 1 saturated carbocycles. The number of hydrogen-bond acceptors (Lipinski definition) is 5. The molecular formula is C26H31ClN2O4. The highest BCUT2D eigenvalue weighted by Gasteiger charge is 2.42. The molecule has 1 saturated heterocycles. The van der Waals surface area contributed by atoms with E-state index >= 15 is 0 Å². The molecule has 0 unspecified atom stereocenters. The van der Waals surface area contributed by atoms with E-state index in [1.165, 1.54) is 19.3 Å². The first-order valence-corrected chi connectivity index (χ1v) is 12.2. The second kappa shape index (κ2) is 9.63. The largest absolute Gasteiger partial charge is 0.462 e. The molecule has 33 heavy (non-hydrogen) atoms. The van der Waals surface area contributed by atoms with E-state index in [0.29, 0.717) is 30.3 Å². The van der Waals surface area contributed by atoms with Gasteiger partial charge in [-0.1, -0.05) is 30.2 Å². The fourth-order valence-corrected chi connectivity index (χ4v) is 5.15. The number of fused-ring (bicyclic) bond motifs is 1. The molecule has 0 atom stereocenters. The molecule has 2 aromatic rings. The van der Waals surface area contributed by atoms with Crippen molar-refractivity contribution in [1.82, 2.24) is 10.2 Å². The average Bonchev–Trinajstić information content (AvgIpc) is 2.79. The highest BCUT2D eigenvalue weighted by molar-refractivity contribution is 6.34. The van der Waals surface area contributed by atoms with Crippen molar-refractivity contribution in [3.63, 3.8) is 0 Å².